The van der Waals surface area contributed by atoms with E-state index in [4.69, 9.17) is 32.6 Å². The van der Waals surface area contributed by atoms with Gasteiger partial charge >= 0.3 is 0 Å². The number of pyridine rings is 3. The lowest BCUT2D eigenvalue weighted by atomic mass is 9.82. The zero-order valence-electron chi connectivity index (χ0n) is 79.4. The maximum Gasteiger partial charge on any atom is 0.145 e. The van der Waals surface area contributed by atoms with Crippen LogP contribution in [-0.2, 0) is 21.7 Å². The second kappa shape index (κ2) is 30.9. The van der Waals surface area contributed by atoms with Crippen molar-refractivity contribution >= 4 is 143 Å². The lowest BCUT2D eigenvalue weighted by Crippen LogP contribution is -2.14. The maximum absolute atomic E-state index is 6.52. The number of benzene rings is 18. The van der Waals surface area contributed by atoms with Gasteiger partial charge in [-0.05, 0) is 210 Å². The highest BCUT2D eigenvalue weighted by atomic mass is 16.3. The molecule has 0 unspecified atom stereocenters. The van der Waals surface area contributed by atoms with Gasteiger partial charge in [0.15, 0.2) is 0 Å². The molecule has 4 aliphatic carbocycles. The number of hydrogen-bond donors (Lipinski definition) is 0. The molecule has 11 heteroatoms. The van der Waals surface area contributed by atoms with Crippen LogP contribution in [-0.4, -0.2) is 34.1 Å². The van der Waals surface area contributed by atoms with Crippen LogP contribution >= 0.6 is 0 Å². The van der Waals surface area contributed by atoms with E-state index in [2.05, 4.69) is 402 Å². The summed E-state index contributed by atoms with van der Waals surface area (Å²) in [5, 5.41) is 12.7. The molecule has 0 radical (unpaired) electrons. The number of aromatic nitrogens is 7. The lowest BCUT2D eigenvalue weighted by molar-refractivity contribution is 0.653. The minimum atomic E-state index is -0.115. The van der Waals surface area contributed by atoms with E-state index in [1.165, 1.54) is 144 Å². The number of hydrogen-bond acceptors (Lipinski definition) is 9. The highest BCUT2D eigenvalue weighted by Crippen LogP contribution is 2.60. The minimum absolute atomic E-state index is 0.0727. The van der Waals surface area contributed by atoms with Gasteiger partial charge in [-0.1, -0.05) is 322 Å². The molecule has 0 N–H and O–H groups in total. The van der Waals surface area contributed by atoms with Crippen molar-refractivity contribution in [3.8, 4) is 101 Å². The Morgan fingerprint density at radius 3 is 1.05 bits per heavy atom. The zero-order chi connectivity index (χ0) is 94.9. The molecule has 0 aliphatic heterocycles. The largest absolute Gasteiger partial charge is 0.455 e. The first kappa shape index (κ1) is 82.6. The van der Waals surface area contributed by atoms with E-state index in [1.807, 2.05) is 79.3 Å². The van der Waals surface area contributed by atoms with Gasteiger partial charge in [0.2, 0.25) is 0 Å². The molecule has 31 rings (SSSR count). The lowest BCUT2D eigenvalue weighted by Gasteiger charge is -2.21. The van der Waals surface area contributed by atoms with Gasteiger partial charge in [-0.3, -0.25) is 24.1 Å². The van der Waals surface area contributed by atoms with Crippen LogP contribution in [0.4, 0.5) is 0 Å². The summed E-state index contributed by atoms with van der Waals surface area (Å²) in [6.07, 6.45) is 5.54. The van der Waals surface area contributed by atoms with Gasteiger partial charge in [-0.15, -0.1) is 0 Å². The van der Waals surface area contributed by atoms with Gasteiger partial charge in [0.05, 0.1) is 38.6 Å². The fourth-order valence-electron chi connectivity index (χ4n) is 24.2. The summed E-state index contributed by atoms with van der Waals surface area (Å²) in [6, 6.07) is 137. The Labute approximate surface area is 818 Å². The molecule has 0 saturated heterocycles. The first-order valence-corrected chi connectivity index (χ1v) is 48.9. The normalized spacial score (nSPS) is 14.0. The van der Waals surface area contributed by atoms with E-state index in [0.717, 1.165) is 144 Å². The van der Waals surface area contributed by atoms with Crippen LogP contribution in [0, 0.1) is 0 Å². The molecule has 0 saturated carbocycles. The van der Waals surface area contributed by atoms with Crippen LogP contribution < -0.4 is 0 Å². The molecular weight excluding hydrogens is 1740 g/mol. The number of nitrogens with zero attached hydrogens (tertiary/aromatic N) is 7. The number of para-hydroxylation sites is 9. The predicted octanol–water partition coefficient (Wildman–Crippen LogP) is 34.6. The number of furan rings is 4. The van der Waals surface area contributed by atoms with Crippen molar-refractivity contribution in [3.05, 3.63) is 451 Å². The molecule has 0 spiro atoms. The van der Waals surface area contributed by atoms with Crippen molar-refractivity contribution in [2.24, 2.45) is 0 Å². The molecule has 11 nitrogen and oxygen atoms in total. The smallest absolute Gasteiger partial charge is 0.145 e. The molecule has 674 valence electrons. The third kappa shape index (κ3) is 12.3. The van der Waals surface area contributed by atoms with Crippen molar-refractivity contribution in [1.29, 1.82) is 0 Å². The Balaban J connectivity index is 0.0000000926. The number of imidazole rings is 2. The number of fused-ring (bicyclic) bond motifs is 34. The summed E-state index contributed by atoms with van der Waals surface area (Å²) >= 11 is 0. The fourth-order valence-corrected chi connectivity index (χ4v) is 24.2. The summed E-state index contributed by atoms with van der Waals surface area (Å²) in [4.78, 5) is 24.1. The SMILES string of the molecule is CC1(C)c2ccc(-c3cc4cccnc4c4ncccc34)cc2-c2c1ccc1c2oc2ccccc21.CC1(C)c2ccc(-c3cccc4ncccc34)cc2-c2c1ccc1c2oc2ccccc21.CC1(C)c2ccc(-c3nc4ccccc4n3-c3ccccc3)cc2-c2c1ccc1c2oc2ccccc21.CC1(C)c2ccc(-n3c(-c4ccccc4)nc4ccccc43)cc2-c2c1ccc1c2oc2ccccc21. The molecule has 0 fully saturated rings. The van der Waals surface area contributed by atoms with Crippen LogP contribution in [0.25, 0.3) is 243 Å². The van der Waals surface area contributed by atoms with Gasteiger partial charge in [0.1, 0.15) is 56.3 Å². The summed E-state index contributed by atoms with van der Waals surface area (Å²) in [6.45, 7) is 18.5. The molecule has 27 aromatic rings. The van der Waals surface area contributed by atoms with E-state index >= 15 is 0 Å². The van der Waals surface area contributed by atoms with Gasteiger partial charge < -0.3 is 17.7 Å². The van der Waals surface area contributed by atoms with E-state index < -0.39 is 0 Å². The molecule has 0 amide bonds. The monoisotopic (exact) mass is 1830 g/mol. The highest BCUT2D eigenvalue weighted by Gasteiger charge is 2.43. The summed E-state index contributed by atoms with van der Waals surface area (Å²) in [5.41, 5.74) is 43.9. The van der Waals surface area contributed by atoms with Crippen molar-refractivity contribution in [1.82, 2.24) is 34.1 Å². The minimum Gasteiger partial charge on any atom is -0.455 e. The number of rotatable bonds is 6. The average molecular weight is 1830 g/mol. The highest BCUT2D eigenvalue weighted by molar-refractivity contribution is 6.18. The average Bonchev–Trinajstić information content (AvgIpc) is 1.55. The van der Waals surface area contributed by atoms with Crippen LogP contribution in [0.1, 0.15) is 99.9 Å². The van der Waals surface area contributed by atoms with Crippen LogP contribution in [0.15, 0.2) is 425 Å². The molecule has 0 atom stereocenters. The van der Waals surface area contributed by atoms with E-state index in [1.54, 1.807) is 0 Å². The van der Waals surface area contributed by atoms with Crippen molar-refractivity contribution < 1.29 is 17.7 Å². The second-order valence-electron chi connectivity index (χ2n) is 40.4. The summed E-state index contributed by atoms with van der Waals surface area (Å²) in [7, 11) is 0. The van der Waals surface area contributed by atoms with Gasteiger partial charge in [-0.2, -0.15) is 0 Å². The molecular formula is C131H91N7O4. The van der Waals surface area contributed by atoms with E-state index in [-0.39, 0.29) is 21.7 Å². The Morgan fingerprint density at radius 1 is 0.211 bits per heavy atom. The van der Waals surface area contributed by atoms with Crippen molar-refractivity contribution in [3.63, 3.8) is 0 Å². The summed E-state index contributed by atoms with van der Waals surface area (Å²) in [5.74, 6) is 1.89. The Morgan fingerprint density at radius 2 is 0.563 bits per heavy atom. The maximum atomic E-state index is 6.52. The third-order valence-electron chi connectivity index (χ3n) is 31.1. The summed E-state index contributed by atoms with van der Waals surface area (Å²) < 4.78 is 30.5. The fraction of sp³-hybridized carbons (Fsp3) is 0.0916. The quantitative estimate of drug-likeness (QED) is 0.150. The molecule has 18 aromatic carbocycles. The topological polar surface area (TPSA) is 127 Å². The Bertz CT molecular complexity index is 10000. The first-order chi connectivity index (χ1) is 69.5. The molecule has 4 aliphatic rings. The van der Waals surface area contributed by atoms with Crippen molar-refractivity contribution in [2.45, 2.75) is 77.0 Å². The van der Waals surface area contributed by atoms with Crippen LogP contribution in [0.2, 0.25) is 0 Å². The Hall–Kier alpha value is -17.7. The third-order valence-corrected chi connectivity index (χ3v) is 31.1. The van der Waals surface area contributed by atoms with Gasteiger partial charge in [0.25, 0.3) is 0 Å². The van der Waals surface area contributed by atoms with Crippen LogP contribution in [0.3, 0.4) is 0 Å². The van der Waals surface area contributed by atoms with Crippen LogP contribution in [0.5, 0.6) is 0 Å². The van der Waals surface area contributed by atoms with Crippen molar-refractivity contribution in [2.75, 3.05) is 0 Å². The zero-order valence-corrected chi connectivity index (χ0v) is 79.4. The first-order valence-electron chi connectivity index (χ1n) is 48.9. The Kier molecular flexibility index (Phi) is 18.0. The predicted molar refractivity (Wildman–Crippen MR) is 582 cm³/mol. The standard InChI is InChI=1S/2C34H24N2O.C33H22N2O.C30H21NO/c1-34(2)26-18-16-21(33-35-28-13-7-8-14-29(28)36(33)22-10-4-3-5-11-22)20-25(26)31-27(34)19-17-24-23-12-6-9-15-30(23)37-32(24)31;1-34(2)26-18-16-22(36-29-14-8-7-13-28(29)35-33(36)21-10-4-3-5-11-21)20-25(26)31-27(34)19-17-24-23-12-6-9-15-30(23)37-32(24)31;1-33(2)26-13-11-19(24-18-20-7-5-15-34-30(20)31-22(24)9-6-16-35-31)17-25(26)29-27(33)14-12-23-21-8-3-4-10-28(21)36-32(23)29;1-30(2)24-14-12-18(19-8-5-10-26-20(19)9-6-16-31-26)17-23(24)28-25(30)15-13-22-21-7-3-4-11-27(21)32-29(22)28/h2*3-20H,1-2H3;3-18H,1-2H3;3-17H,1-2H3. The van der Waals surface area contributed by atoms with E-state index in [0.29, 0.717) is 0 Å². The molecule has 9 aromatic heterocycles. The second-order valence-corrected chi connectivity index (χ2v) is 40.4. The molecule has 142 heavy (non-hydrogen) atoms. The molecule has 0 bridgehead atoms. The van der Waals surface area contributed by atoms with E-state index in [9.17, 15) is 0 Å². The molecule has 9 heterocycles. The van der Waals surface area contributed by atoms with Gasteiger partial charge in [0, 0.05) is 144 Å². The van der Waals surface area contributed by atoms with Gasteiger partial charge in [-0.25, -0.2) is 9.97 Å².